The minimum absolute atomic E-state index is 0.182. The molecule has 1 N–H and O–H groups in total. The number of para-hydroxylation sites is 1. The zero-order chi connectivity index (χ0) is 14.2. The Morgan fingerprint density at radius 2 is 1.85 bits per heavy atom. The first kappa shape index (κ1) is 12.8. The van der Waals surface area contributed by atoms with Gasteiger partial charge in [0.1, 0.15) is 5.75 Å². The molecule has 0 bridgehead atoms. The molecule has 0 saturated carbocycles. The minimum atomic E-state index is -4.69. The zero-order valence-electron chi connectivity index (χ0n) is 10.5. The van der Waals surface area contributed by atoms with Gasteiger partial charge in [-0.1, -0.05) is 30.3 Å². The highest BCUT2D eigenvalue weighted by Gasteiger charge is 2.32. The van der Waals surface area contributed by atoms with Gasteiger partial charge in [-0.2, -0.15) is 0 Å². The number of hydrogen-bond acceptors (Lipinski definition) is 2. The lowest BCUT2D eigenvalue weighted by Gasteiger charge is -2.14. The molecule has 3 rings (SSSR count). The Bertz CT molecular complexity index is 637. The summed E-state index contributed by atoms with van der Waals surface area (Å²) in [6, 6.07) is 11.8. The van der Waals surface area contributed by atoms with Gasteiger partial charge in [0.15, 0.2) is 0 Å². The third kappa shape index (κ3) is 2.57. The van der Waals surface area contributed by atoms with Crippen LogP contribution in [0.15, 0.2) is 42.5 Å². The molecule has 0 atom stereocenters. The van der Waals surface area contributed by atoms with E-state index in [0.29, 0.717) is 11.1 Å². The van der Waals surface area contributed by atoms with Crippen molar-refractivity contribution >= 4 is 5.69 Å². The summed E-state index contributed by atoms with van der Waals surface area (Å²) in [7, 11) is 0. The van der Waals surface area contributed by atoms with Crippen molar-refractivity contribution in [2.75, 3.05) is 11.9 Å². The maximum absolute atomic E-state index is 12.4. The van der Waals surface area contributed by atoms with Crippen molar-refractivity contribution in [3.05, 3.63) is 48.0 Å². The van der Waals surface area contributed by atoms with Crippen molar-refractivity contribution in [2.45, 2.75) is 12.8 Å². The predicted octanol–water partition coefficient (Wildman–Crippen LogP) is 4.22. The Balaban J connectivity index is 2.02. The van der Waals surface area contributed by atoms with Gasteiger partial charge in [-0.25, -0.2) is 0 Å². The first-order chi connectivity index (χ1) is 9.53. The number of benzene rings is 2. The molecule has 0 aliphatic carbocycles. The highest BCUT2D eigenvalue weighted by Crippen LogP contribution is 2.36. The molecule has 0 radical (unpaired) electrons. The number of rotatable bonds is 2. The van der Waals surface area contributed by atoms with Crippen LogP contribution in [-0.2, 0) is 6.42 Å². The minimum Gasteiger partial charge on any atom is -0.405 e. The van der Waals surface area contributed by atoms with E-state index in [1.54, 1.807) is 12.1 Å². The van der Waals surface area contributed by atoms with E-state index in [9.17, 15) is 13.2 Å². The average molecular weight is 279 g/mol. The van der Waals surface area contributed by atoms with Gasteiger partial charge in [-0.3, -0.25) is 0 Å². The molecule has 1 aliphatic rings. The molecular weight excluding hydrogens is 267 g/mol. The Kier molecular flexibility index (Phi) is 3.04. The van der Waals surface area contributed by atoms with Gasteiger partial charge >= 0.3 is 6.36 Å². The number of hydrogen-bond donors (Lipinski definition) is 1. The Labute approximate surface area is 114 Å². The third-order valence-electron chi connectivity index (χ3n) is 3.24. The van der Waals surface area contributed by atoms with Crippen LogP contribution in [0.1, 0.15) is 5.56 Å². The molecular formula is C15H12F3NO. The summed E-state index contributed by atoms with van der Waals surface area (Å²) in [5.41, 5.74) is 3.30. The van der Waals surface area contributed by atoms with Gasteiger partial charge in [-0.15, -0.1) is 13.2 Å². The topological polar surface area (TPSA) is 21.3 Å². The van der Waals surface area contributed by atoms with Gasteiger partial charge < -0.3 is 10.1 Å². The molecule has 20 heavy (non-hydrogen) atoms. The van der Waals surface area contributed by atoms with Gasteiger partial charge in [0.05, 0.1) is 0 Å². The summed E-state index contributed by atoms with van der Waals surface area (Å²) in [4.78, 5) is 0. The van der Waals surface area contributed by atoms with E-state index < -0.39 is 6.36 Å². The van der Waals surface area contributed by atoms with Crippen LogP contribution in [0.3, 0.4) is 0 Å². The first-order valence-corrected chi connectivity index (χ1v) is 6.25. The van der Waals surface area contributed by atoms with Gasteiger partial charge in [0, 0.05) is 17.8 Å². The monoisotopic (exact) mass is 279 g/mol. The number of nitrogens with one attached hydrogen (secondary N) is 1. The molecule has 2 nitrogen and oxygen atoms in total. The maximum atomic E-state index is 12.4. The maximum Gasteiger partial charge on any atom is 0.573 e. The average Bonchev–Trinajstić information content (AvgIpc) is 2.84. The number of fused-ring (bicyclic) bond motifs is 1. The molecule has 0 saturated heterocycles. The fourth-order valence-corrected chi connectivity index (χ4v) is 2.38. The van der Waals surface area contributed by atoms with Crippen molar-refractivity contribution in [2.24, 2.45) is 0 Å². The van der Waals surface area contributed by atoms with Crippen molar-refractivity contribution in [3.8, 4) is 16.9 Å². The number of ether oxygens (including phenoxy) is 1. The molecule has 2 aromatic carbocycles. The van der Waals surface area contributed by atoms with Crippen molar-refractivity contribution < 1.29 is 17.9 Å². The lowest BCUT2D eigenvalue weighted by molar-refractivity contribution is -0.274. The Morgan fingerprint density at radius 1 is 1.05 bits per heavy atom. The van der Waals surface area contributed by atoms with Crippen molar-refractivity contribution in [3.63, 3.8) is 0 Å². The van der Waals surface area contributed by atoms with Crippen LogP contribution in [0.4, 0.5) is 18.9 Å². The van der Waals surface area contributed by atoms with Crippen LogP contribution in [0.2, 0.25) is 0 Å². The number of alkyl halides is 3. The Morgan fingerprint density at radius 3 is 2.65 bits per heavy atom. The molecule has 0 aromatic heterocycles. The number of halogens is 3. The third-order valence-corrected chi connectivity index (χ3v) is 3.24. The molecule has 0 spiro atoms. The molecule has 2 aromatic rings. The SMILES string of the molecule is FC(F)(F)Oc1ccccc1-c1ccc2c(c1)NCC2. The van der Waals surface area contributed by atoms with Gasteiger partial charge in [-0.05, 0) is 29.7 Å². The van der Waals surface area contributed by atoms with E-state index in [1.165, 1.54) is 17.7 Å². The van der Waals surface area contributed by atoms with Crippen LogP contribution >= 0.6 is 0 Å². The van der Waals surface area contributed by atoms with Crippen molar-refractivity contribution in [1.29, 1.82) is 0 Å². The normalized spacial score (nSPS) is 13.8. The summed E-state index contributed by atoms with van der Waals surface area (Å²) in [6.07, 6.45) is -3.75. The molecule has 0 amide bonds. The summed E-state index contributed by atoms with van der Waals surface area (Å²) < 4.78 is 41.4. The quantitative estimate of drug-likeness (QED) is 0.888. The second kappa shape index (κ2) is 4.74. The van der Waals surface area contributed by atoms with E-state index in [0.717, 1.165) is 18.7 Å². The standard InChI is InChI=1S/C15H12F3NO/c16-15(17,18)20-14-4-2-1-3-12(14)11-6-5-10-7-8-19-13(10)9-11/h1-6,9,19H,7-8H2. The number of anilines is 1. The van der Waals surface area contributed by atoms with Crippen LogP contribution in [0.25, 0.3) is 11.1 Å². The molecule has 1 aliphatic heterocycles. The van der Waals surface area contributed by atoms with Crippen LogP contribution in [0, 0.1) is 0 Å². The molecule has 0 unspecified atom stereocenters. The highest BCUT2D eigenvalue weighted by molar-refractivity contribution is 5.75. The van der Waals surface area contributed by atoms with E-state index in [2.05, 4.69) is 10.1 Å². The second-order valence-corrected chi connectivity index (χ2v) is 4.59. The van der Waals surface area contributed by atoms with E-state index in [-0.39, 0.29) is 5.75 Å². The lowest BCUT2D eigenvalue weighted by Crippen LogP contribution is -2.17. The lowest BCUT2D eigenvalue weighted by atomic mass is 10.0. The van der Waals surface area contributed by atoms with Crippen LogP contribution < -0.4 is 10.1 Å². The van der Waals surface area contributed by atoms with E-state index in [1.807, 2.05) is 18.2 Å². The predicted molar refractivity (Wildman–Crippen MR) is 70.8 cm³/mol. The van der Waals surface area contributed by atoms with Gasteiger partial charge in [0.25, 0.3) is 0 Å². The molecule has 104 valence electrons. The molecule has 5 heteroatoms. The zero-order valence-corrected chi connectivity index (χ0v) is 10.5. The fourth-order valence-electron chi connectivity index (χ4n) is 2.38. The molecule has 1 heterocycles. The van der Waals surface area contributed by atoms with Gasteiger partial charge in [0.2, 0.25) is 0 Å². The summed E-state index contributed by atoms with van der Waals surface area (Å²) >= 11 is 0. The van der Waals surface area contributed by atoms with E-state index in [4.69, 9.17) is 0 Å². The largest absolute Gasteiger partial charge is 0.573 e. The van der Waals surface area contributed by atoms with Crippen LogP contribution in [-0.4, -0.2) is 12.9 Å². The van der Waals surface area contributed by atoms with Crippen LogP contribution in [0.5, 0.6) is 5.75 Å². The van der Waals surface area contributed by atoms with Crippen molar-refractivity contribution in [1.82, 2.24) is 0 Å². The smallest absolute Gasteiger partial charge is 0.405 e. The Hall–Kier alpha value is -2.17. The summed E-state index contributed by atoms with van der Waals surface area (Å²) in [5.74, 6) is -0.182. The summed E-state index contributed by atoms with van der Waals surface area (Å²) in [5, 5.41) is 3.21. The fraction of sp³-hybridized carbons (Fsp3) is 0.200. The van der Waals surface area contributed by atoms with E-state index >= 15 is 0 Å². The molecule has 0 fully saturated rings. The highest BCUT2D eigenvalue weighted by atomic mass is 19.4. The first-order valence-electron chi connectivity index (χ1n) is 6.25. The summed E-state index contributed by atoms with van der Waals surface area (Å²) in [6.45, 7) is 0.861. The second-order valence-electron chi connectivity index (χ2n) is 4.59.